The maximum Gasteiger partial charge on any atom is 0.109 e. The van der Waals surface area contributed by atoms with E-state index in [-0.39, 0.29) is 0 Å². The summed E-state index contributed by atoms with van der Waals surface area (Å²) >= 11 is 6.09. The van der Waals surface area contributed by atoms with E-state index < -0.39 is 5.60 Å². The van der Waals surface area contributed by atoms with Crippen molar-refractivity contribution in [3.05, 3.63) is 47.0 Å². The molecule has 0 aromatic heterocycles. The first kappa shape index (κ1) is 10.7. The van der Waals surface area contributed by atoms with Crippen molar-refractivity contribution in [1.29, 1.82) is 0 Å². The fourth-order valence-corrected chi connectivity index (χ4v) is 2.29. The first-order valence-electron chi connectivity index (χ1n) is 5.28. The maximum absolute atomic E-state index is 10.5. The summed E-state index contributed by atoms with van der Waals surface area (Å²) in [6.07, 6.45) is 5.68. The third kappa shape index (κ3) is 2.09. The molecular weight excluding hydrogens is 208 g/mol. The van der Waals surface area contributed by atoms with Gasteiger partial charge in [-0.25, -0.2) is 0 Å². The molecule has 15 heavy (non-hydrogen) atoms. The monoisotopic (exact) mass is 222 g/mol. The second-order valence-corrected chi connectivity index (χ2v) is 4.69. The average Bonchev–Trinajstić information content (AvgIpc) is 2.23. The van der Waals surface area contributed by atoms with Crippen LogP contribution in [-0.2, 0) is 5.60 Å². The van der Waals surface area contributed by atoms with Crippen molar-refractivity contribution in [2.24, 2.45) is 5.92 Å². The number of allylic oxidation sites excluding steroid dienone is 1. The molecule has 2 heteroatoms. The van der Waals surface area contributed by atoms with E-state index in [2.05, 4.69) is 13.0 Å². The first-order valence-corrected chi connectivity index (χ1v) is 5.66. The highest BCUT2D eigenvalue weighted by atomic mass is 35.5. The van der Waals surface area contributed by atoms with Gasteiger partial charge in [0.15, 0.2) is 0 Å². The van der Waals surface area contributed by atoms with E-state index >= 15 is 0 Å². The lowest BCUT2D eigenvalue weighted by Crippen LogP contribution is -2.27. The van der Waals surface area contributed by atoms with Crippen LogP contribution in [0.1, 0.15) is 25.3 Å². The Balaban J connectivity index is 2.38. The molecule has 1 aromatic rings. The Morgan fingerprint density at radius 3 is 2.73 bits per heavy atom. The minimum absolute atomic E-state index is 0.549. The fourth-order valence-electron chi connectivity index (χ4n) is 1.99. The number of hydrogen-bond acceptors (Lipinski definition) is 1. The van der Waals surface area contributed by atoms with E-state index in [0.717, 1.165) is 18.4 Å². The van der Waals surface area contributed by atoms with Crippen LogP contribution in [0.15, 0.2) is 36.4 Å². The predicted octanol–water partition coefficient (Wildman–Crippen LogP) is 3.51. The summed E-state index contributed by atoms with van der Waals surface area (Å²) in [5.74, 6) is 0.549. The second kappa shape index (κ2) is 3.99. The van der Waals surface area contributed by atoms with Crippen LogP contribution in [0, 0.1) is 5.92 Å². The summed E-state index contributed by atoms with van der Waals surface area (Å²) in [4.78, 5) is 0. The molecule has 2 unspecified atom stereocenters. The Morgan fingerprint density at radius 2 is 2.13 bits per heavy atom. The quantitative estimate of drug-likeness (QED) is 0.721. The molecule has 0 fully saturated rings. The summed E-state index contributed by atoms with van der Waals surface area (Å²) in [6, 6.07) is 7.50. The SMILES string of the molecule is CC1C=CC(O)(c2ccccc2Cl)CC1. The normalized spacial score (nSPS) is 30.5. The summed E-state index contributed by atoms with van der Waals surface area (Å²) in [7, 11) is 0. The van der Waals surface area contributed by atoms with Crippen LogP contribution < -0.4 is 0 Å². The molecule has 1 aliphatic carbocycles. The highest BCUT2D eigenvalue weighted by Gasteiger charge is 2.30. The van der Waals surface area contributed by atoms with Crippen molar-refractivity contribution < 1.29 is 5.11 Å². The molecule has 0 spiro atoms. The van der Waals surface area contributed by atoms with E-state index in [1.54, 1.807) is 0 Å². The van der Waals surface area contributed by atoms with Crippen LogP contribution in [0.3, 0.4) is 0 Å². The van der Waals surface area contributed by atoms with Crippen LogP contribution >= 0.6 is 11.6 Å². The lowest BCUT2D eigenvalue weighted by atomic mass is 9.81. The van der Waals surface area contributed by atoms with Gasteiger partial charge in [-0.05, 0) is 24.8 Å². The molecule has 1 nitrogen and oxygen atoms in total. The smallest absolute Gasteiger partial charge is 0.109 e. The lowest BCUT2D eigenvalue weighted by molar-refractivity contribution is 0.0674. The number of hydrogen-bond donors (Lipinski definition) is 1. The molecule has 0 bridgehead atoms. The predicted molar refractivity (Wildman–Crippen MR) is 62.9 cm³/mol. The Bertz CT molecular complexity index is 386. The van der Waals surface area contributed by atoms with E-state index in [4.69, 9.17) is 11.6 Å². The number of halogens is 1. The number of rotatable bonds is 1. The summed E-state index contributed by atoms with van der Waals surface area (Å²) in [5, 5.41) is 11.1. The maximum atomic E-state index is 10.5. The molecule has 1 aliphatic rings. The van der Waals surface area contributed by atoms with Gasteiger partial charge in [-0.2, -0.15) is 0 Å². The lowest BCUT2D eigenvalue weighted by Gasteiger charge is -2.30. The zero-order chi connectivity index (χ0) is 10.9. The highest BCUT2D eigenvalue weighted by Crippen LogP contribution is 2.37. The highest BCUT2D eigenvalue weighted by molar-refractivity contribution is 6.31. The molecular formula is C13H15ClO. The van der Waals surface area contributed by atoms with E-state index in [1.807, 2.05) is 30.3 Å². The largest absolute Gasteiger partial charge is 0.381 e. The van der Waals surface area contributed by atoms with Gasteiger partial charge in [0.25, 0.3) is 0 Å². The van der Waals surface area contributed by atoms with Gasteiger partial charge in [-0.15, -0.1) is 0 Å². The van der Waals surface area contributed by atoms with Crippen molar-refractivity contribution in [1.82, 2.24) is 0 Å². The first-order chi connectivity index (χ1) is 7.12. The molecule has 2 atom stereocenters. The minimum atomic E-state index is -0.870. The molecule has 0 saturated heterocycles. The number of aliphatic hydroxyl groups is 1. The second-order valence-electron chi connectivity index (χ2n) is 4.28. The van der Waals surface area contributed by atoms with Gasteiger partial charge in [0.05, 0.1) is 0 Å². The molecule has 0 radical (unpaired) electrons. The van der Waals surface area contributed by atoms with Crippen molar-refractivity contribution in [2.75, 3.05) is 0 Å². The van der Waals surface area contributed by atoms with Gasteiger partial charge in [0, 0.05) is 10.6 Å². The van der Waals surface area contributed by atoms with Gasteiger partial charge in [-0.3, -0.25) is 0 Å². The van der Waals surface area contributed by atoms with Crippen LogP contribution in [0.5, 0.6) is 0 Å². The summed E-state index contributed by atoms with van der Waals surface area (Å²) in [6.45, 7) is 2.16. The molecule has 1 N–H and O–H groups in total. The zero-order valence-corrected chi connectivity index (χ0v) is 9.54. The molecule has 0 heterocycles. The topological polar surface area (TPSA) is 20.2 Å². The van der Waals surface area contributed by atoms with E-state index in [9.17, 15) is 5.11 Å². The van der Waals surface area contributed by atoms with Crippen LogP contribution in [0.25, 0.3) is 0 Å². The molecule has 0 saturated carbocycles. The number of benzene rings is 1. The molecule has 0 amide bonds. The van der Waals surface area contributed by atoms with Gasteiger partial charge in [0.2, 0.25) is 0 Å². The standard InChI is InChI=1S/C13H15ClO/c1-10-6-8-13(15,9-7-10)11-4-2-3-5-12(11)14/h2-6,8,10,15H,7,9H2,1H3. The summed E-state index contributed by atoms with van der Waals surface area (Å²) < 4.78 is 0. The molecule has 0 aliphatic heterocycles. The Hall–Kier alpha value is -0.790. The Morgan fingerprint density at radius 1 is 1.40 bits per heavy atom. The van der Waals surface area contributed by atoms with Crippen LogP contribution in [-0.4, -0.2) is 5.11 Å². The van der Waals surface area contributed by atoms with Crippen molar-refractivity contribution in [3.8, 4) is 0 Å². The fraction of sp³-hybridized carbons (Fsp3) is 0.385. The van der Waals surface area contributed by atoms with E-state index in [0.29, 0.717) is 10.9 Å². The molecule has 2 rings (SSSR count). The Kier molecular flexibility index (Phi) is 2.85. The van der Waals surface area contributed by atoms with Gasteiger partial charge in [-0.1, -0.05) is 48.9 Å². The van der Waals surface area contributed by atoms with Crippen LogP contribution in [0.2, 0.25) is 5.02 Å². The van der Waals surface area contributed by atoms with Crippen molar-refractivity contribution in [3.63, 3.8) is 0 Å². The van der Waals surface area contributed by atoms with Gasteiger partial charge < -0.3 is 5.11 Å². The average molecular weight is 223 g/mol. The molecule has 1 aromatic carbocycles. The van der Waals surface area contributed by atoms with Crippen molar-refractivity contribution in [2.45, 2.75) is 25.4 Å². The summed E-state index contributed by atoms with van der Waals surface area (Å²) in [5.41, 5.74) is -0.0555. The third-order valence-corrected chi connectivity index (χ3v) is 3.35. The Labute approximate surface area is 95.4 Å². The third-order valence-electron chi connectivity index (χ3n) is 3.02. The van der Waals surface area contributed by atoms with Crippen LogP contribution in [0.4, 0.5) is 0 Å². The van der Waals surface area contributed by atoms with Gasteiger partial charge in [0.1, 0.15) is 5.60 Å². The van der Waals surface area contributed by atoms with E-state index in [1.165, 1.54) is 0 Å². The van der Waals surface area contributed by atoms with Gasteiger partial charge >= 0.3 is 0 Å². The molecule has 80 valence electrons. The minimum Gasteiger partial charge on any atom is -0.381 e. The van der Waals surface area contributed by atoms with Crippen molar-refractivity contribution >= 4 is 11.6 Å². The zero-order valence-electron chi connectivity index (χ0n) is 8.78.